The molecule has 0 saturated carbocycles. The number of rotatable bonds is 4. The maximum absolute atomic E-state index is 9.99. The van der Waals surface area contributed by atoms with Crippen molar-refractivity contribution in [3.63, 3.8) is 0 Å². The Bertz CT molecular complexity index is 307. The van der Waals surface area contributed by atoms with Crippen LogP contribution in [0.2, 0.25) is 0 Å². The predicted octanol–water partition coefficient (Wildman–Crippen LogP) is 1.47. The van der Waals surface area contributed by atoms with Gasteiger partial charge in [-0.3, -0.25) is 0 Å². The predicted molar refractivity (Wildman–Crippen MR) is 63.0 cm³/mol. The minimum atomic E-state index is -0.142. The zero-order valence-corrected chi connectivity index (χ0v) is 9.91. The second kappa shape index (κ2) is 5.03. The molecule has 0 bridgehead atoms. The molecule has 0 aliphatic carbocycles. The Hall–Kier alpha value is -0.480. The van der Waals surface area contributed by atoms with Crippen LogP contribution in [-0.4, -0.2) is 32.3 Å². The summed E-state index contributed by atoms with van der Waals surface area (Å²) in [6.45, 7) is 0. The Morgan fingerprint density at radius 2 is 2.60 bits per heavy atom. The van der Waals surface area contributed by atoms with Crippen LogP contribution in [0.3, 0.4) is 0 Å². The summed E-state index contributed by atoms with van der Waals surface area (Å²) in [6, 6.07) is 0. The summed E-state index contributed by atoms with van der Waals surface area (Å²) in [5.41, 5.74) is 0. The Morgan fingerprint density at radius 3 is 3.20 bits per heavy atom. The number of aryl methyl sites for hydroxylation is 2. The Kier molecular flexibility index (Phi) is 3.70. The molecule has 15 heavy (non-hydrogen) atoms. The fourth-order valence-electron chi connectivity index (χ4n) is 2.01. The number of nitrogens with zero attached hydrogens (tertiary/aromatic N) is 2. The zero-order valence-electron chi connectivity index (χ0n) is 9.09. The lowest BCUT2D eigenvalue weighted by Gasteiger charge is -2.16. The largest absolute Gasteiger partial charge is 0.393 e. The van der Waals surface area contributed by atoms with Crippen LogP contribution in [0.15, 0.2) is 12.4 Å². The van der Waals surface area contributed by atoms with E-state index in [2.05, 4.69) is 4.98 Å². The van der Waals surface area contributed by atoms with E-state index in [4.69, 9.17) is 0 Å². The highest BCUT2D eigenvalue weighted by Crippen LogP contribution is 2.27. The van der Waals surface area contributed by atoms with Crippen LogP contribution < -0.4 is 0 Å². The minimum Gasteiger partial charge on any atom is -0.393 e. The molecule has 1 aromatic heterocycles. The molecular formula is C11H18N2OS. The first-order chi connectivity index (χ1) is 7.27. The summed E-state index contributed by atoms with van der Waals surface area (Å²) in [7, 11) is 2.00. The average Bonchev–Trinajstić information content (AvgIpc) is 2.85. The molecule has 2 heterocycles. The zero-order chi connectivity index (χ0) is 10.7. The number of aliphatic hydroxyl groups is 1. The first-order valence-electron chi connectivity index (χ1n) is 5.49. The van der Waals surface area contributed by atoms with Gasteiger partial charge in [-0.1, -0.05) is 0 Å². The molecule has 1 aromatic rings. The third-order valence-corrected chi connectivity index (χ3v) is 4.28. The van der Waals surface area contributed by atoms with Gasteiger partial charge in [0.25, 0.3) is 0 Å². The van der Waals surface area contributed by atoms with E-state index >= 15 is 0 Å². The van der Waals surface area contributed by atoms with E-state index in [9.17, 15) is 5.11 Å². The number of thioether (sulfide) groups is 1. The van der Waals surface area contributed by atoms with E-state index in [0.29, 0.717) is 5.92 Å². The van der Waals surface area contributed by atoms with Crippen molar-refractivity contribution < 1.29 is 5.11 Å². The molecule has 0 amide bonds. The van der Waals surface area contributed by atoms with E-state index in [1.165, 1.54) is 12.2 Å². The maximum atomic E-state index is 9.99. The molecule has 1 saturated heterocycles. The lowest BCUT2D eigenvalue weighted by Crippen LogP contribution is -2.21. The number of imidazole rings is 1. The number of aliphatic hydroxyl groups excluding tert-OH is 1. The summed E-state index contributed by atoms with van der Waals surface area (Å²) in [4.78, 5) is 4.26. The molecule has 1 fully saturated rings. The molecule has 3 nitrogen and oxygen atoms in total. The van der Waals surface area contributed by atoms with Gasteiger partial charge >= 0.3 is 0 Å². The molecule has 0 radical (unpaired) electrons. The van der Waals surface area contributed by atoms with Crippen molar-refractivity contribution >= 4 is 11.8 Å². The summed E-state index contributed by atoms with van der Waals surface area (Å²) >= 11 is 1.96. The van der Waals surface area contributed by atoms with Gasteiger partial charge in [0.15, 0.2) is 0 Å². The monoisotopic (exact) mass is 226 g/mol. The Labute approximate surface area is 94.9 Å². The van der Waals surface area contributed by atoms with E-state index in [1.54, 1.807) is 0 Å². The van der Waals surface area contributed by atoms with Crippen molar-refractivity contribution in [2.24, 2.45) is 13.0 Å². The minimum absolute atomic E-state index is 0.142. The summed E-state index contributed by atoms with van der Waals surface area (Å²) in [6.07, 6.45) is 6.52. The smallest absolute Gasteiger partial charge is 0.108 e. The van der Waals surface area contributed by atoms with Crippen LogP contribution in [0, 0.1) is 5.92 Å². The van der Waals surface area contributed by atoms with Crippen LogP contribution in [-0.2, 0) is 13.5 Å². The van der Waals surface area contributed by atoms with Gasteiger partial charge in [0.2, 0.25) is 0 Å². The molecule has 1 aliphatic heterocycles. The molecule has 2 rings (SSSR count). The summed E-state index contributed by atoms with van der Waals surface area (Å²) < 4.78 is 2.02. The third kappa shape index (κ3) is 2.75. The van der Waals surface area contributed by atoms with Crippen molar-refractivity contribution in [1.29, 1.82) is 0 Å². The van der Waals surface area contributed by atoms with Crippen molar-refractivity contribution in [2.45, 2.75) is 25.4 Å². The summed E-state index contributed by atoms with van der Waals surface area (Å²) in [5, 5.41) is 9.99. The quantitative estimate of drug-likeness (QED) is 0.845. The van der Waals surface area contributed by atoms with Crippen molar-refractivity contribution in [2.75, 3.05) is 11.5 Å². The molecule has 0 aromatic carbocycles. The van der Waals surface area contributed by atoms with E-state index < -0.39 is 0 Å². The first-order valence-corrected chi connectivity index (χ1v) is 6.65. The molecule has 0 spiro atoms. The molecule has 4 heteroatoms. The highest BCUT2D eigenvalue weighted by molar-refractivity contribution is 7.99. The fourth-order valence-corrected chi connectivity index (χ4v) is 3.33. The number of aromatic nitrogens is 2. The van der Waals surface area contributed by atoms with Gasteiger partial charge in [-0.25, -0.2) is 4.98 Å². The molecule has 1 aliphatic rings. The van der Waals surface area contributed by atoms with Gasteiger partial charge in [0, 0.05) is 25.9 Å². The highest BCUT2D eigenvalue weighted by atomic mass is 32.2. The Morgan fingerprint density at radius 1 is 1.73 bits per heavy atom. The topological polar surface area (TPSA) is 38.0 Å². The maximum Gasteiger partial charge on any atom is 0.108 e. The molecule has 1 N–H and O–H groups in total. The number of hydrogen-bond donors (Lipinski definition) is 1. The second-order valence-corrected chi connectivity index (χ2v) is 5.33. The molecular weight excluding hydrogens is 208 g/mol. The lowest BCUT2D eigenvalue weighted by atomic mass is 9.98. The van der Waals surface area contributed by atoms with Crippen LogP contribution in [0.1, 0.15) is 18.7 Å². The van der Waals surface area contributed by atoms with Gasteiger partial charge in [0.05, 0.1) is 6.10 Å². The molecule has 2 atom stereocenters. The third-order valence-electron chi connectivity index (χ3n) is 3.09. The standard InChI is InChI=1S/C11H18N2OS/c1-13-6-5-12-11(13)3-2-10(14)9-4-7-15-8-9/h5-6,9-10,14H,2-4,7-8H2,1H3. The lowest BCUT2D eigenvalue weighted by molar-refractivity contribution is 0.110. The van der Waals surface area contributed by atoms with E-state index in [-0.39, 0.29) is 6.10 Å². The van der Waals surface area contributed by atoms with Gasteiger partial charge in [-0.15, -0.1) is 0 Å². The van der Waals surface area contributed by atoms with Gasteiger partial charge in [-0.05, 0) is 30.3 Å². The molecule has 84 valence electrons. The highest BCUT2D eigenvalue weighted by Gasteiger charge is 2.23. The molecule has 2 unspecified atom stereocenters. The van der Waals surface area contributed by atoms with Crippen molar-refractivity contribution in [1.82, 2.24) is 9.55 Å². The van der Waals surface area contributed by atoms with Crippen molar-refractivity contribution in [3.8, 4) is 0 Å². The second-order valence-electron chi connectivity index (χ2n) is 4.18. The summed E-state index contributed by atoms with van der Waals surface area (Å²) in [5.74, 6) is 3.92. The van der Waals surface area contributed by atoms with E-state index in [1.807, 2.05) is 35.8 Å². The van der Waals surface area contributed by atoms with Gasteiger partial charge in [-0.2, -0.15) is 11.8 Å². The normalized spacial score (nSPS) is 23.2. The first kappa shape index (κ1) is 11.0. The van der Waals surface area contributed by atoms with E-state index in [0.717, 1.165) is 24.4 Å². The van der Waals surface area contributed by atoms with Crippen molar-refractivity contribution in [3.05, 3.63) is 18.2 Å². The fraction of sp³-hybridized carbons (Fsp3) is 0.727. The van der Waals surface area contributed by atoms with Crippen LogP contribution in [0.5, 0.6) is 0 Å². The van der Waals surface area contributed by atoms with Crippen LogP contribution in [0.25, 0.3) is 0 Å². The van der Waals surface area contributed by atoms with Crippen LogP contribution in [0.4, 0.5) is 0 Å². The van der Waals surface area contributed by atoms with Gasteiger partial charge < -0.3 is 9.67 Å². The number of hydrogen-bond acceptors (Lipinski definition) is 3. The average molecular weight is 226 g/mol. The van der Waals surface area contributed by atoms with Crippen LogP contribution >= 0.6 is 11.8 Å². The Balaban J connectivity index is 1.80. The van der Waals surface area contributed by atoms with Gasteiger partial charge in [0.1, 0.15) is 5.82 Å². The SMILES string of the molecule is Cn1ccnc1CCC(O)C1CCSC1.